The molecule has 4 rings (SSSR count). The van der Waals surface area contributed by atoms with Crippen LogP contribution >= 0.6 is 0 Å². The zero-order valence-electron chi connectivity index (χ0n) is 16.8. The van der Waals surface area contributed by atoms with Gasteiger partial charge in [0.2, 0.25) is 11.8 Å². The lowest BCUT2D eigenvalue weighted by Crippen LogP contribution is -2.45. The SMILES string of the molecule is O=C(NC[C@@H](c1ccccc1)N1CCOCC1)[C@H]1CC(=O)N(c2ccccc2F)C1. The molecule has 6 nitrogen and oxygen atoms in total. The van der Waals surface area contributed by atoms with Gasteiger partial charge in [-0.25, -0.2) is 4.39 Å². The standard InChI is InChI=1S/C23H26FN3O3/c24-19-8-4-5-9-20(19)27-16-18(14-22(27)28)23(29)25-15-21(17-6-2-1-3-7-17)26-10-12-30-13-11-26/h1-9,18,21H,10-16H2,(H,25,29)/t18-,21-/m0/s1. The summed E-state index contributed by atoms with van der Waals surface area (Å²) in [5.41, 5.74) is 1.36. The van der Waals surface area contributed by atoms with Gasteiger partial charge in [-0.15, -0.1) is 0 Å². The Kier molecular flexibility index (Phi) is 6.40. The van der Waals surface area contributed by atoms with Crippen molar-refractivity contribution < 1.29 is 18.7 Å². The first-order valence-electron chi connectivity index (χ1n) is 10.3. The number of nitrogens with one attached hydrogen (secondary N) is 1. The summed E-state index contributed by atoms with van der Waals surface area (Å²) in [5.74, 6) is -1.34. The smallest absolute Gasteiger partial charge is 0.227 e. The van der Waals surface area contributed by atoms with E-state index in [1.165, 1.54) is 11.0 Å². The molecule has 2 saturated heterocycles. The van der Waals surface area contributed by atoms with Crippen molar-refractivity contribution in [3.05, 3.63) is 66.0 Å². The first-order valence-corrected chi connectivity index (χ1v) is 10.3. The zero-order valence-corrected chi connectivity index (χ0v) is 16.8. The normalized spacial score (nSPS) is 20.9. The molecular formula is C23H26FN3O3. The van der Waals surface area contributed by atoms with Gasteiger partial charge in [0.05, 0.1) is 30.9 Å². The van der Waals surface area contributed by atoms with E-state index >= 15 is 0 Å². The highest BCUT2D eigenvalue weighted by Crippen LogP contribution is 2.28. The molecule has 2 atom stereocenters. The summed E-state index contributed by atoms with van der Waals surface area (Å²) in [6.45, 7) is 3.60. The van der Waals surface area contributed by atoms with E-state index in [0.717, 1.165) is 18.7 Å². The van der Waals surface area contributed by atoms with Gasteiger partial charge in [0.15, 0.2) is 0 Å². The quantitative estimate of drug-likeness (QED) is 0.793. The van der Waals surface area contributed by atoms with E-state index in [1.807, 2.05) is 18.2 Å². The molecule has 2 fully saturated rings. The monoisotopic (exact) mass is 411 g/mol. The lowest BCUT2D eigenvalue weighted by Gasteiger charge is -2.35. The maximum absolute atomic E-state index is 14.1. The summed E-state index contributed by atoms with van der Waals surface area (Å²) in [4.78, 5) is 28.9. The zero-order chi connectivity index (χ0) is 20.9. The molecule has 0 radical (unpaired) electrons. The second kappa shape index (κ2) is 9.36. The van der Waals surface area contributed by atoms with Gasteiger partial charge in [0, 0.05) is 32.6 Å². The fourth-order valence-electron chi connectivity index (χ4n) is 4.15. The average molecular weight is 411 g/mol. The molecule has 2 aromatic rings. The van der Waals surface area contributed by atoms with Crippen LogP contribution in [-0.4, -0.2) is 56.1 Å². The maximum Gasteiger partial charge on any atom is 0.227 e. The Hall–Kier alpha value is -2.77. The predicted octanol–water partition coefficient (Wildman–Crippen LogP) is 2.37. The van der Waals surface area contributed by atoms with Crippen molar-refractivity contribution in [3.8, 4) is 0 Å². The molecule has 2 aromatic carbocycles. The number of hydrogen-bond acceptors (Lipinski definition) is 4. The summed E-state index contributed by atoms with van der Waals surface area (Å²) < 4.78 is 19.5. The van der Waals surface area contributed by atoms with Crippen molar-refractivity contribution >= 4 is 17.5 Å². The molecule has 2 heterocycles. The number of carbonyl (C=O) groups is 2. The Morgan fingerprint density at radius 3 is 2.53 bits per heavy atom. The van der Waals surface area contributed by atoms with Crippen LogP contribution < -0.4 is 10.2 Å². The molecule has 0 aromatic heterocycles. The number of hydrogen-bond donors (Lipinski definition) is 1. The van der Waals surface area contributed by atoms with Gasteiger partial charge in [-0.3, -0.25) is 14.5 Å². The molecule has 0 saturated carbocycles. The molecule has 158 valence electrons. The second-order valence-corrected chi connectivity index (χ2v) is 7.68. The minimum atomic E-state index is -0.488. The number of ether oxygens (including phenoxy) is 1. The van der Waals surface area contributed by atoms with Crippen LogP contribution in [0.25, 0.3) is 0 Å². The molecule has 0 aliphatic carbocycles. The molecular weight excluding hydrogens is 385 g/mol. The Balaban J connectivity index is 1.41. The van der Waals surface area contributed by atoms with E-state index in [4.69, 9.17) is 4.74 Å². The van der Waals surface area contributed by atoms with Gasteiger partial charge in [-0.2, -0.15) is 0 Å². The largest absolute Gasteiger partial charge is 0.379 e. The van der Waals surface area contributed by atoms with Crippen LogP contribution in [0, 0.1) is 11.7 Å². The first-order chi connectivity index (χ1) is 14.6. The van der Waals surface area contributed by atoms with Crippen LogP contribution in [-0.2, 0) is 14.3 Å². The van der Waals surface area contributed by atoms with E-state index in [0.29, 0.717) is 19.8 Å². The molecule has 0 bridgehead atoms. The molecule has 2 amide bonds. The van der Waals surface area contributed by atoms with E-state index in [9.17, 15) is 14.0 Å². The van der Waals surface area contributed by atoms with E-state index in [1.54, 1.807) is 18.2 Å². The molecule has 7 heteroatoms. The molecule has 30 heavy (non-hydrogen) atoms. The number of rotatable bonds is 6. The van der Waals surface area contributed by atoms with Crippen LogP contribution in [0.2, 0.25) is 0 Å². The highest BCUT2D eigenvalue weighted by atomic mass is 19.1. The van der Waals surface area contributed by atoms with Crippen LogP contribution in [0.3, 0.4) is 0 Å². The fourth-order valence-corrected chi connectivity index (χ4v) is 4.15. The second-order valence-electron chi connectivity index (χ2n) is 7.68. The Morgan fingerprint density at radius 2 is 1.80 bits per heavy atom. The van der Waals surface area contributed by atoms with Crippen molar-refractivity contribution in [1.29, 1.82) is 0 Å². The summed E-state index contributed by atoms with van der Waals surface area (Å²) in [5, 5.41) is 3.03. The van der Waals surface area contributed by atoms with Gasteiger partial charge in [0.25, 0.3) is 0 Å². The average Bonchev–Trinajstić information content (AvgIpc) is 3.17. The van der Waals surface area contributed by atoms with Crippen LogP contribution in [0.4, 0.5) is 10.1 Å². The lowest BCUT2D eigenvalue weighted by molar-refractivity contribution is -0.126. The summed E-state index contributed by atoms with van der Waals surface area (Å²) in [6, 6.07) is 16.3. The van der Waals surface area contributed by atoms with Crippen molar-refractivity contribution in [2.45, 2.75) is 12.5 Å². The third-order valence-electron chi connectivity index (χ3n) is 5.78. The van der Waals surface area contributed by atoms with Gasteiger partial charge >= 0.3 is 0 Å². The topological polar surface area (TPSA) is 61.9 Å². The molecule has 0 spiro atoms. The molecule has 2 aliphatic heterocycles. The van der Waals surface area contributed by atoms with E-state index in [-0.39, 0.29) is 36.5 Å². The van der Waals surface area contributed by atoms with Crippen molar-refractivity contribution in [3.63, 3.8) is 0 Å². The van der Waals surface area contributed by atoms with E-state index < -0.39 is 11.7 Å². The Morgan fingerprint density at radius 1 is 1.10 bits per heavy atom. The third kappa shape index (κ3) is 4.52. The van der Waals surface area contributed by atoms with Crippen LogP contribution in [0.15, 0.2) is 54.6 Å². The number of para-hydroxylation sites is 1. The number of benzene rings is 2. The number of nitrogens with zero attached hydrogens (tertiary/aromatic N) is 2. The van der Waals surface area contributed by atoms with Crippen LogP contribution in [0.1, 0.15) is 18.0 Å². The van der Waals surface area contributed by atoms with Gasteiger partial charge < -0.3 is 15.0 Å². The highest BCUT2D eigenvalue weighted by Gasteiger charge is 2.36. The van der Waals surface area contributed by atoms with Crippen molar-refractivity contribution in [1.82, 2.24) is 10.2 Å². The number of morpholine rings is 1. The predicted molar refractivity (Wildman–Crippen MR) is 111 cm³/mol. The maximum atomic E-state index is 14.1. The third-order valence-corrected chi connectivity index (χ3v) is 5.78. The highest BCUT2D eigenvalue weighted by molar-refractivity contribution is 6.00. The number of halogens is 1. The Bertz CT molecular complexity index is 886. The number of carbonyl (C=O) groups excluding carboxylic acids is 2. The van der Waals surface area contributed by atoms with Gasteiger partial charge in [-0.1, -0.05) is 42.5 Å². The molecule has 2 aliphatic rings. The summed E-state index contributed by atoms with van der Waals surface area (Å²) >= 11 is 0. The fraction of sp³-hybridized carbons (Fsp3) is 0.391. The van der Waals surface area contributed by atoms with Crippen molar-refractivity contribution in [2.75, 3.05) is 44.3 Å². The Labute approximate surface area is 175 Å². The number of anilines is 1. The molecule has 0 unspecified atom stereocenters. The first kappa shape index (κ1) is 20.5. The summed E-state index contributed by atoms with van der Waals surface area (Å²) in [7, 11) is 0. The lowest BCUT2D eigenvalue weighted by atomic mass is 10.0. The van der Waals surface area contributed by atoms with Gasteiger partial charge in [-0.05, 0) is 17.7 Å². The minimum Gasteiger partial charge on any atom is -0.379 e. The van der Waals surface area contributed by atoms with Gasteiger partial charge in [0.1, 0.15) is 5.82 Å². The van der Waals surface area contributed by atoms with E-state index in [2.05, 4.69) is 22.3 Å². The summed E-state index contributed by atoms with van der Waals surface area (Å²) in [6.07, 6.45) is 0.0910. The molecule has 1 N–H and O–H groups in total. The van der Waals surface area contributed by atoms with Crippen molar-refractivity contribution in [2.24, 2.45) is 5.92 Å². The minimum absolute atomic E-state index is 0.0406. The van der Waals surface area contributed by atoms with Crippen LogP contribution in [0.5, 0.6) is 0 Å². The number of amides is 2.